The lowest BCUT2D eigenvalue weighted by molar-refractivity contribution is 0.0967. The van der Waals surface area contributed by atoms with Gasteiger partial charge in [0.15, 0.2) is 5.69 Å². The average Bonchev–Trinajstić information content (AvgIpc) is 3.31. The Morgan fingerprint density at radius 2 is 1.69 bits per heavy atom. The molecule has 32 heavy (non-hydrogen) atoms. The van der Waals surface area contributed by atoms with Gasteiger partial charge in [-0.3, -0.25) is 9.69 Å². The zero-order valence-electron chi connectivity index (χ0n) is 19.4. The molecule has 3 heterocycles. The first-order chi connectivity index (χ1) is 15.3. The molecule has 3 aromatic rings. The Labute approximate surface area is 190 Å². The van der Waals surface area contributed by atoms with E-state index in [0.29, 0.717) is 18.0 Å². The molecule has 2 aromatic carbocycles. The number of carbonyl (C=O) groups excluding carboxylic acids is 1. The highest BCUT2D eigenvalue weighted by Gasteiger charge is 2.46. The molecule has 1 saturated heterocycles. The van der Waals surface area contributed by atoms with Crippen molar-refractivity contribution in [2.24, 2.45) is 0 Å². The number of benzene rings is 2. The topological polar surface area (TPSA) is 49.6 Å². The number of anilines is 1. The van der Waals surface area contributed by atoms with E-state index in [1.807, 2.05) is 11.8 Å². The second-order valence-electron chi connectivity index (χ2n) is 9.79. The molecule has 1 spiro atoms. The number of carbonyl (C=O) groups is 1. The second-order valence-corrected chi connectivity index (χ2v) is 9.79. The van der Waals surface area contributed by atoms with Gasteiger partial charge in [0.05, 0.1) is 0 Å². The van der Waals surface area contributed by atoms with Gasteiger partial charge in [-0.1, -0.05) is 52.2 Å². The number of likely N-dealkylation sites (tertiary alicyclic amines) is 1. The van der Waals surface area contributed by atoms with Crippen molar-refractivity contribution in [2.45, 2.75) is 52.5 Å². The number of hydrogen-bond donors (Lipinski definition) is 0. The zero-order chi connectivity index (χ0) is 22.5. The van der Waals surface area contributed by atoms with Crippen LogP contribution < -0.4 is 4.90 Å². The molecule has 0 saturated carbocycles. The highest BCUT2D eigenvalue weighted by molar-refractivity contribution is 6.06. The van der Waals surface area contributed by atoms with Crippen molar-refractivity contribution in [3.05, 3.63) is 81.7 Å². The molecule has 0 unspecified atom stereocenters. The quantitative estimate of drug-likeness (QED) is 0.581. The summed E-state index contributed by atoms with van der Waals surface area (Å²) in [5, 5.41) is 3.98. The van der Waals surface area contributed by atoms with E-state index >= 15 is 0 Å². The largest absolute Gasteiger partial charge is 0.361 e. The molecule has 5 rings (SSSR count). The number of aryl methyl sites for hydroxylation is 4. The molecule has 5 nitrogen and oxygen atoms in total. The van der Waals surface area contributed by atoms with Crippen LogP contribution in [0.1, 0.15) is 56.9 Å². The smallest absolute Gasteiger partial charge is 0.280 e. The van der Waals surface area contributed by atoms with Gasteiger partial charge in [0, 0.05) is 30.3 Å². The van der Waals surface area contributed by atoms with E-state index in [0.717, 1.165) is 38.2 Å². The Bertz CT molecular complexity index is 1150. The maximum Gasteiger partial charge on any atom is 0.280 e. The van der Waals surface area contributed by atoms with Gasteiger partial charge in [-0.25, -0.2) is 0 Å². The number of fused-ring (bicyclic) bond motifs is 2. The highest BCUT2D eigenvalue weighted by Crippen LogP contribution is 2.48. The number of aromatic nitrogens is 1. The minimum absolute atomic E-state index is 0.00874. The highest BCUT2D eigenvalue weighted by atomic mass is 16.5. The molecule has 166 valence electrons. The van der Waals surface area contributed by atoms with Gasteiger partial charge in [0.25, 0.3) is 5.91 Å². The molecular weight excluding hydrogens is 398 g/mol. The Hall–Kier alpha value is -2.92. The summed E-state index contributed by atoms with van der Waals surface area (Å²) < 4.78 is 5.17. The molecule has 0 aliphatic carbocycles. The summed E-state index contributed by atoms with van der Waals surface area (Å²) in [7, 11) is 0. The summed E-state index contributed by atoms with van der Waals surface area (Å²) in [5.41, 5.74) is 8.03. The van der Waals surface area contributed by atoms with E-state index in [9.17, 15) is 4.79 Å². The minimum Gasteiger partial charge on any atom is -0.361 e. The van der Waals surface area contributed by atoms with Crippen molar-refractivity contribution < 1.29 is 9.32 Å². The van der Waals surface area contributed by atoms with Crippen LogP contribution in [0.4, 0.5) is 5.69 Å². The molecule has 5 heteroatoms. The van der Waals surface area contributed by atoms with E-state index in [-0.39, 0.29) is 11.3 Å². The van der Waals surface area contributed by atoms with Crippen LogP contribution in [0.2, 0.25) is 0 Å². The molecule has 2 aliphatic heterocycles. The maximum absolute atomic E-state index is 13.3. The van der Waals surface area contributed by atoms with Gasteiger partial charge < -0.3 is 9.42 Å². The molecule has 0 radical (unpaired) electrons. The van der Waals surface area contributed by atoms with Crippen LogP contribution in [-0.2, 0) is 12.0 Å². The average molecular weight is 430 g/mol. The van der Waals surface area contributed by atoms with E-state index in [1.165, 1.54) is 27.8 Å². The summed E-state index contributed by atoms with van der Waals surface area (Å²) >= 11 is 0. The van der Waals surface area contributed by atoms with Gasteiger partial charge in [-0.2, -0.15) is 0 Å². The van der Waals surface area contributed by atoms with Crippen molar-refractivity contribution >= 4 is 11.6 Å². The number of rotatable bonds is 3. The third kappa shape index (κ3) is 3.75. The summed E-state index contributed by atoms with van der Waals surface area (Å²) in [6, 6.07) is 15.0. The van der Waals surface area contributed by atoms with Gasteiger partial charge in [0.2, 0.25) is 0 Å². The van der Waals surface area contributed by atoms with Crippen LogP contribution in [0, 0.1) is 27.7 Å². The fourth-order valence-electron chi connectivity index (χ4n) is 5.55. The van der Waals surface area contributed by atoms with Gasteiger partial charge >= 0.3 is 0 Å². The first-order valence-corrected chi connectivity index (χ1v) is 11.5. The Morgan fingerprint density at radius 1 is 0.969 bits per heavy atom. The van der Waals surface area contributed by atoms with E-state index in [4.69, 9.17) is 4.52 Å². The lowest BCUT2D eigenvalue weighted by atomic mass is 9.74. The second kappa shape index (κ2) is 7.89. The third-order valence-corrected chi connectivity index (χ3v) is 7.07. The summed E-state index contributed by atoms with van der Waals surface area (Å²) in [4.78, 5) is 17.8. The lowest BCUT2D eigenvalue weighted by Gasteiger charge is -2.40. The predicted octanol–water partition coefficient (Wildman–Crippen LogP) is 5.10. The summed E-state index contributed by atoms with van der Waals surface area (Å²) in [6.07, 6.45) is 2.10. The first-order valence-electron chi connectivity index (χ1n) is 11.5. The van der Waals surface area contributed by atoms with Gasteiger partial charge in [0.1, 0.15) is 5.76 Å². The molecule has 2 aliphatic rings. The monoisotopic (exact) mass is 429 g/mol. The van der Waals surface area contributed by atoms with Crippen LogP contribution in [-0.4, -0.2) is 35.6 Å². The summed E-state index contributed by atoms with van der Waals surface area (Å²) in [5.74, 6) is 0.590. The molecule has 0 N–H and O–H groups in total. The molecule has 1 fully saturated rings. The van der Waals surface area contributed by atoms with Gasteiger partial charge in [-0.05, 0) is 70.8 Å². The molecular formula is C27H31N3O2. The third-order valence-electron chi connectivity index (χ3n) is 7.07. The number of hydrogen-bond acceptors (Lipinski definition) is 4. The normalized spacial score (nSPS) is 17.7. The molecule has 1 amide bonds. The molecule has 0 atom stereocenters. The summed E-state index contributed by atoms with van der Waals surface area (Å²) in [6.45, 7) is 12.1. The lowest BCUT2D eigenvalue weighted by Crippen LogP contribution is -2.45. The minimum atomic E-state index is -0.0681. The van der Waals surface area contributed by atoms with Crippen molar-refractivity contribution in [3.63, 3.8) is 0 Å². The van der Waals surface area contributed by atoms with Crippen LogP contribution >= 0.6 is 0 Å². The standard InChI is InChI=1S/C27H31N3O2/c1-18-5-6-25-23(14-18)27(17-30(25)26(31)24-15-21(4)32-28-24)7-9-29(10-8-27)16-22-12-19(2)11-20(3)13-22/h5-6,11-15H,7-10,16-17H2,1-4H3. The Morgan fingerprint density at radius 3 is 2.34 bits per heavy atom. The Balaban J connectivity index is 1.38. The van der Waals surface area contributed by atoms with Crippen molar-refractivity contribution in [1.29, 1.82) is 0 Å². The molecule has 1 aromatic heterocycles. The predicted molar refractivity (Wildman–Crippen MR) is 126 cm³/mol. The first kappa shape index (κ1) is 21.0. The van der Waals surface area contributed by atoms with Crippen LogP contribution in [0.3, 0.4) is 0 Å². The Kier molecular flexibility index (Phi) is 5.17. The number of amides is 1. The SMILES string of the molecule is Cc1cc(C)cc(CN2CCC3(CC2)CN(C(=O)c2cc(C)on2)c2ccc(C)cc23)c1. The number of nitrogens with zero attached hydrogens (tertiary/aromatic N) is 3. The maximum atomic E-state index is 13.3. The van der Waals surface area contributed by atoms with E-state index in [1.54, 1.807) is 6.07 Å². The van der Waals surface area contributed by atoms with Crippen molar-refractivity contribution in [2.75, 3.05) is 24.5 Å². The van der Waals surface area contributed by atoms with Crippen molar-refractivity contribution in [1.82, 2.24) is 10.1 Å². The van der Waals surface area contributed by atoms with E-state index < -0.39 is 0 Å². The van der Waals surface area contributed by atoms with Crippen LogP contribution in [0.25, 0.3) is 0 Å². The van der Waals surface area contributed by atoms with Gasteiger partial charge in [-0.15, -0.1) is 0 Å². The van der Waals surface area contributed by atoms with Crippen molar-refractivity contribution in [3.8, 4) is 0 Å². The fraction of sp³-hybridized carbons (Fsp3) is 0.407. The zero-order valence-corrected chi connectivity index (χ0v) is 19.4. The van der Waals surface area contributed by atoms with E-state index in [2.05, 4.69) is 67.2 Å². The van der Waals surface area contributed by atoms with Crippen LogP contribution in [0.15, 0.2) is 47.0 Å². The van der Waals surface area contributed by atoms with Crippen LogP contribution in [0.5, 0.6) is 0 Å². The number of piperidine rings is 1. The molecule has 0 bridgehead atoms. The fourth-order valence-corrected chi connectivity index (χ4v) is 5.55.